The molecule has 0 bridgehead atoms. The summed E-state index contributed by atoms with van der Waals surface area (Å²) in [5.74, 6) is 1.40. The molecule has 4 rings (SSSR count). The smallest absolute Gasteiger partial charge is 0.393 e. The van der Waals surface area contributed by atoms with E-state index < -0.39 is 22.6 Å². The third-order valence-electron chi connectivity index (χ3n) is 11.1. The Bertz CT molecular complexity index is 818. The quantitative estimate of drug-likeness (QED) is 0.422. The van der Waals surface area contributed by atoms with Crippen molar-refractivity contribution in [1.29, 1.82) is 0 Å². The van der Waals surface area contributed by atoms with Crippen molar-refractivity contribution in [3.63, 3.8) is 0 Å². The average Bonchev–Trinajstić information content (AvgIpc) is 3.08. The number of fused-ring (bicyclic) bond motifs is 5. The van der Waals surface area contributed by atoms with E-state index in [9.17, 15) is 23.7 Å². The molecule has 4 N–H and O–H groups in total. The van der Waals surface area contributed by atoms with E-state index in [-0.39, 0.29) is 65.0 Å². The van der Waals surface area contributed by atoms with Gasteiger partial charge in [-0.15, -0.1) is 0 Å². The highest BCUT2D eigenvalue weighted by molar-refractivity contribution is 7.80. The predicted molar refractivity (Wildman–Crippen MR) is 124 cm³/mol. The van der Waals surface area contributed by atoms with E-state index in [0.717, 1.165) is 38.5 Å². The molecule has 0 amide bonds. The molecule has 0 aromatic rings. The first-order valence-electron chi connectivity index (χ1n) is 13.0. The van der Waals surface area contributed by atoms with Gasteiger partial charge in [0.2, 0.25) is 0 Å². The molecule has 5 unspecified atom stereocenters. The lowest BCUT2D eigenvalue weighted by molar-refractivity contribution is -0.228. The Kier molecular flexibility index (Phi) is 7.05. The summed E-state index contributed by atoms with van der Waals surface area (Å²) in [5, 5.41) is 33.8. The fraction of sp³-hybridized carbons (Fsp3) is 1.00. The number of hydrogen-bond donors (Lipinski definition) is 4. The maximum atomic E-state index is 11.7. The second kappa shape index (κ2) is 9.00. The van der Waals surface area contributed by atoms with Crippen molar-refractivity contribution >= 4 is 10.4 Å². The molecular weight excluding hydrogens is 444 g/mol. The SMILES string of the molecule is CC[C@@H]1C2C[C@H](O)CC[C@]2(C)C2C[C@H](O)[C@@]3(C)C(CCC3[C@H](C)CCOS(=O)(=O)O)C2[C@H]1O. The van der Waals surface area contributed by atoms with Crippen molar-refractivity contribution in [2.24, 2.45) is 52.3 Å². The van der Waals surface area contributed by atoms with E-state index in [0.29, 0.717) is 12.8 Å². The third kappa shape index (κ3) is 4.20. The second-order valence-electron chi connectivity index (χ2n) is 12.2. The molecule has 0 radical (unpaired) electrons. The maximum absolute atomic E-state index is 11.7. The van der Waals surface area contributed by atoms with Gasteiger partial charge in [-0.1, -0.05) is 34.1 Å². The minimum Gasteiger partial charge on any atom is -0.393 e. The lowest BCUT2D eigenvalue weighted by Crippen LogP contribution is -2.65. The zero-order chi connectivity index (χ0) is 24.3. The van der Waals surface area contributed by atoms with E-state index in [2.05, 4.69) is 31.9 Å². The molecule has 4 saturated carbocycles. The minimum atomic E-state index is -4.45. The molecule has 0 spiro atoms. The van der Waals surface area contributed by atoms with Gasteiger partial charge in [0.1, 0.15) is 0 Å². The molecule has 0 heterocycles. The Morgan fingerprint density at radius 3 is 2.36 bits per heavy atom. The summed E-state index contributed by atoms with van der Waals surface area (Å²) >= 11 is 0. The van der Waals surface area contributed by atoms with Crippen LogP contribution in [0.2, 0.25) is 0 Å². The summed E-state index contributed by atoms with van der Waals surface area (Å²) < 4.78 is 35.3. The van der Waals surface area contributed by atoms with Crippen molar-refractivity contribution < 1.29 is 32.5 Å². The van der Waals surface area contributed by atoms with Gasteiger partial charge in [0.15, 0.2) is 0 Å². The van der Waals surface area contributed by atoms with Crippen molar-refractivity contribution in [3.05, 3.63) is 0 Å². The van der Waals surface area contributed by atoms with Crippen LogP contribution in [0.1, 0.15) is 79.1 Å². The van der Waals surface area contributed by atoms with Crippen LogP contribution in [-0.4, -0.2) is 53.2 Å². The summed E-state index contributed by atoms with van der Waals surface area (Å²) in [6.07, 6.45) is 5.28. The van der Waals surface area contributed by atoms with Gasteiger partial charge >= 0.3 is 10.4 Å². The molecule has 0 saturated heterocycles. The maximum Gasteiger partial charge on any atom is 0.397 e. The van der Waals surface area contributed by atoms with Crippen LogP contribution in [0.5, 0.6) is 0 Å². The van der Waals surface area contributed by atoms with Crippen molar-refractivity contribution in [3.8, 4) is 0 Å². The number of rotatable bonds is 6. The van der Waals surface area contributed by atoms with Gasteiger partial charge < -0.3 is 15.3 Å². The van der Waals surface area contributed by atoms with E-state index in [1.165, 1.54) is 0 Å². The van der Waals surface area contributed by atoms with Gasteiger partial charge in [-0.25, -0.2) is 4.18 Å². The van der Waals surface area contributed by atoms with Crippen LogP contribution in [0.3, 0.4) is 0 Å². The van der Waals surface area contributed by atoms with Crippen molar-refractivity contribution in [2.45, 2.75) is 97.4 Å². The molecule has 12 atom stereocenters. The average molecular weight is 489 g/mol. The van der Waals surface area contributed by atoms with Crippen LogP contribution in [0, 0.1) is 52.3 Å². The molecule has 0 aliphatic heterocycles. The third-order valence-corrected chi connectivity index (χ3v) is 11.5. The number of aliphatic hydroxyl groups is 3. The topological polar surface area (TPSA) is 124 Å². The molecule has 4 fully saturated rings. The van der Waals surface area contributed by atoms with Gasteiger partial charge in [-0.05, 0) is 97.2 Å². The first-order valence-corrected chi connectivity index (χ1v) is 14.4. The summed E-state index contributed by atoms with van der Waals surface area (Å²) in [6, 6.07) is 0. The fourth-order valence-electron chi connectivity index (χ4n) is 9.43. The predicted octanol–water partition coefficient (Wildman–Crippen LogP) is 3.43. The van der Waals surface area contributed by atoms with Crippen LogP contribution in [0.15, 0.2) is 0 Å². The monoisotopic (exact) mass is 488 g/mol. The van der Waals surface area contributed by atoms with Crippen LogP contribution in [0.4, 0.5) is 0 Å². The number of aliphatic hydroxyl groups excluding tert-OH is 3. The van der Waals surface area contributed by atoms with E-state index in [4.69, 9.17) is 4.55 Å². The van der Waals surface area contributed by atoms with Gasteiger partial charge in [0.05, 0.1) is 24.9 Å². The standard InChI is InChI=1S/C25H44O7S/c1-5-16-19-12-15(26)8-10-24(19,3)20-13-21(27)25(4)17(6-7-18(25)22(20)23(16)28)14(2)9-11-32-33(29,30)31/h14-23,26-28H,5-13H2,1-4H3,(H,29,30,31)/t14-,15-,16-,17?,18?,19?,20?,21+,22?,23+,24+,25-/m1/s1. The van der Waals surface area contributed by atoms with Crippen LogP contribution in [-0.2, 0) is 14.6 Å². The highest BCUT2D eigenvalue weighted by Crippen LogP contribution is 2.69. The van der Waals surface area contributed by atoms with Gasteiger partial charge in [-0.3, -0.25) is 4.55 Å². The highest BCUT2D eigenvalue weighted by Gasteiger charge is 2.67. The Labute approximate surface area is 199 Å². The van der Waals surface area contributed by atoms with E-state index >= 15 is 0 Å². The Morgan fingerprint density at radius 1 is 1.03 bits per heavy atom. The molecule has 192 valence electrons. The second-order valence-corrected chi connectivity index (χ2v) is 13.3. The Balaban J connectivity index is 1.61. The lowest BCUT2D eigenvalue weighted by Gasteiger charge is -2.65. The first-order chi connectivity index (χ1) is 15.3. The first kappa shape index (κ1) is 25.8. The normalized spacial score (nSPS) is 50.8. The highest BCUT2D eigenvalue weighted by atomic mass is 32.3. The minimum absolute atomic E-state index is 0.0269. The molecule has 8 heteroatoms. The molecule has 4 aliphatic rings. The van der Waals surface area contributed by atoms with E-state index in [1.807, 2.05) is 0 Å². The summed E-state index contributed by atoms with van der Waals surface area (Å²) in [7, 11) is -4.45. The molecule has 33 heavy (non-hydrogen) atoms. The van der Waals surface area contributed by atoms with Gasteiger partial charge in [0, 0.05) is 0 Å². The molecule has 0 aromatic carbocycles. The Hall–Kier alpha value is -0.250. The summed E-state index contributed by atoms with van der Waals surface area (Å²) in [6.45, 7) is 8.70. The van der Waals surface area contributed by atoms with Gasteiger partial charge in [0.25, 0.3) is 0 Å². The molecule has 4 aliphatic carbocycles. The van der Waals surface area contributed by atoms with Crippen LogP contribution >= 0.6 is 0 Å². The molecule has 7 nitrogen and oxygen atoms in total. The van der Waals surface area contributed by atoms with Crippen molar-refractivity contribution in [1.82, 2.24) is 0 Å². The zero-order valence-corrected chi connectivity index (χ0v) is 21.4. The van der Waals surface area contributed by atoms with Crippen molar-refractivity contribution in [2.75, 3.05) is 6.61 Å². The number of hydrogen-bond acceptors (Lipinski definition) is 6. The molecular formula is C25H44O7S. The fourth-order valence-corrected chi connectivity index (χ4v) is 9.74. The van der Waals surface area contributed by atoms with E-state index in [1.54, 1.807) is 0 Å². The van der Waals surface area contributed by atoms with Gasteiger partial charge in [-0.2, -0.15) is 8.42 Å². The largest absolute Gasteiger partial charge is 0.397 e. The Morgan fingerprint density at radius 2 is 1.73 bits per heavy atom. The van der Waals surface area contributed by atoms with Crippen LogP contribution < -0.4 is 0 Å². The summed E-state index contributed by atoms with van der Waals surface area (Å²) in [5.41, 5.74) is -0.311. The molecule has 0 aromatic heterocycles. The summed E-state index contributed by atoms with van der Waals surface area (Å²) in [4.78, 5) is 0. The zero-order valence-electron chi connectivity index (χ0n) is 20.6. The lowest BCUT2D eigenvalue weighted by atomic mass is 9.41. The van der Waals surface area contributed by atoms with Crippen LogP contribution in [0.25, 0.3) is 0 Å².